The molecule has 0 aromatic heterocycles. The van der Waals surface area contributed by atoms with Crippen molar-refractivity contribution < 1.29 is 196 Å². The second-order valence-corrected chi connectivity index (χ2v) is 34.8. The second-order valence-electron chi connectivity index (χ2n) is 30.7. The first-order valence-corrected chi connectivity index (χ1v) is 44.7. The Morgan fingerprint density at radius 2 is 0.452 bits per heavy atom. The zero-order valence-corrected chi connectivity index (χ0v) is 77.1. The number of benzene rings is 20. The zero-order chi connectivity index (χ0) is 89.9. The van der Waals surface area contributed by atoms with Crippen LogP contribution in [0.3, 0.4) is 0 Å². The molecular formula is C108H68Li6O18S3. The van der Waals surface area contributed by atoms with Gasteiger partial charge in [0.1, 0.15) is 47.6 Å². The fraction of sp³-hybridized carbons (Fsp3) is 0.0278. The topological polar surface area (TPSA) is 320 Å². The van der Waals surface area contributed by atoms with Crippen LogP contribution in [0.25, 0.3) is 153 Å². The molecule has 0 saturated carbocycles. The van der Waals surface area contributed by atoms with Crippen LogP contribution in [0.4, 0.5) is 0 Å². The van der Waals surface area contributed by atoms with Crippen molar-refractivity contribution in [2.45, 2.75) is 14.7 Å². The van der Waals surface area contributed by atoms with E-state index in [1.54, 1.807) is 54.6 Å². The van der Waals surface area contributed by atoms with E-state index in [0.717, 1.165) is 194 Å². The molecule has 0 bridgehead atoms. The van der Waals surface area contributed by atoms with Crippen LogP contribution in [0.5, 0.6) is 34.5 Å². The van der Waals surface area contributed by atoms with Gasteiger partial charge in [-0.2, -0.15) is 0 Å². The molecule has 0 atom stereocenters. The van der Waals surface area contributed by atoms with Crippen molar-refractivity contribution in [3.05, 3.63) is 391 Å². The van der Waals surface area contributed by atoms with Crippen molar-refractivity contribution in [3.63, 3.8) is 0 Å². The van der Waals surface area contributed by atoms with E-state index < -0.39 is 114 Å². The summed E-state index contributed by atoms with van der Waals surface area (Å²) in [7, 11) is -11.6. The van der Waals surface area contributed by atoms with Crippen LogP contribution in [0.15, 0.2) is 373 Å². The number of carbonyl (C=O) groups excluding carboxylic acids is 3. The number of rotatable bonds is 17. The fourth-order valence-electron chi connectivity index (χ4n) is 17.5. The molecule has 0 aliphatic heterocycles. The molecule has 0 amide bonds. The SMILES string of the molecule is COc1cc([O-])c(C(=O)c2c3ccccc3c(-c3ccc4ccccc4c3)c3ccccc23)cc1S(=O)(=O)[O-].COc1cc([O-])c(C(=O)c2ccc(-c3c4ccccc4c(-c4ccc5ccccc5c4)c4ccccc34)cc2)cc1S(=O)(=O)[O-].COc1cc([O-])c(C(=O)c2cccc(-c3c4ccccc4c(-c4ccc5ccccc5c4)c4ccccc34)c2)cc1S(=O)(=O)[O-].[Li+].[Li+].[Li+].[Li+].[Li+].[Li+]. The van der Waals surface area contributed by atoms with E-state index in [1.165, 1.54) is 5.39 Å². The minimum absolute atomic E-state index is 0. The van der Waals surface area contributed by atoms with Gasteiger partial charge in [-0.05, 0) is 213 Å². The minimum atomic E-state index is -5.01. The minimum Gasteiger partial charge on any atom is -0.872 e. The van der Waals surface area contributed by atoms with Crippen LogP contribution < -0.4 is 143 Å². The van der Waals surface area contributed by atoms with Crippen molar-refractivity contribution >= 4 is 145 Å². The predicted molar refractivity (Wildman–Crippen MR) is 496 cm³/mol. The maximum atomic E-state index is 14.1. The standard InChI is InChI=1S/2C38H26O6S.C32H22O6S.6Li/c1-44-34-22-33(39)32(21-35(34)45(41,42)43)38(40)27-12-8-11-25(20-27)36-28-13-4-6-15-30(28)37(31-16-7-5-14-29(31)36)26-18-17-23-9-2-3-10-24(23)19-26;1-44-34-22-33(39)32(21-35(34)45(41,42)43)38(40)25-17-15-24(16-18-25)36-28-10-4-6-12-30(28)37(31-13-7-5-11-29(31)36)27-19-14-23-8-2-3-9-26(23)20-27;1-38-28-18-27(33)26(17-29(28)39(35,36)37)32(34)31-24-12-6-4-10-22(24)30(23-11-5-7-13-25(23)31)21-15-14-19-8-2-3-9-20(19)16-21;;;;;;/h2*2-22,39H,1H3,(H,41,42,43);2-18,33H,1H3,(H,35,36,37);;;;;;/q;;;6*+1/p-6. The molecule has 27 heteroatoms. The third kappa shape index (κ3) is 19.7. The molecule has 20 rings (SSSR count). The van der Waals surface area contributed by atoms with Crippen LogP contribution in [-0.4, -0.2) is 77.6 Å². The van der Waals surface area contributed by atoms with Crippen molar-refractivity contribution in [3.8, 4) is 90.1 Å². The van der Waals surface area contributed by atoms with Gasteiger partial charge in [0.25, 0.3) is 0 Å². The molecule has 0 aliphatic rings. The van der Waals surface area contributed by atoms with E-state index in [1.807, 2.05) is 146 Å². The zero-order valence-electron chi connectivity index (χ0n) is 74.6. The second kappa shape index (κ2) is 42.0. The summed E-state index contributed by atoms with van der Waals surface area (Å²) in [6.45, 7) is 0. The first-order valence-electron chi connectivity index (χ1n) is 40.4. The first-order chi connectivity index (χ1) is 62.3. The monoisotopic (exact) mass is 1790 g/mol. The van der Waals surface area contributed by atoms with E-state index in [-0.39, 0.29) is 130 Å². The van der Waals surface area contributed by atoms with Crippen LogP contribution in [0, 0.1) is 0 Å². The van der Waals surface area contributed by atoms with Gasteiger partial charge >= 0.3 is 113 Å². The molecule has 20 aromatic rings. The van der Waals surface area contributed by atoms with Gasteiger partial charge in [0, 0.05) is 33.4 Å². The first kappa shape index (κ1) is 102. The molecule has 135 heavy (non-hydrogen) atoms. The Labute approximate surface area is 849 Å². The number of fused-ring (bicyclic) bond motifs is 9. The maximum Gasteiger partial charge on any atom is 1.00 e. The van der Waals surface area contributed by atoms with E-state index >= 15 is 0 Å². The summed E-state index contributed by atoms with van der Waals surface area (Å²) in [5.41, 5.74) is 9.20. The van der Waals surface area contributed by atoms with Gasteiger partial charge in [0.05, 0.1) is 36.0 Å². The number of ether oxygens (including phenoxy) is 3. The number of ketones is 3. The van der Waals surface area contributed by atoms with Gasteiger partial charge in [-0.15, -0.1) is 0 Å². The number of methoxy groups -OCH3 is 3. The summed E-state index contributed by atoms with van der Waals surface area (Å²) in [6, 6.07) is 110. The van der Waals surface area contributed by atoms with Gasteiger partial charge in [-0.25, -0.2) is 25.3 Å². The van der Waals surface area contributed by atoms with Gasteiger partial charge in [0.15, 0.2) is 17.3 Å². The van der Waals surface area contributed by atoms with Gasteiger partial charge in [-0.3, -0.25) is 14.4 Å². The summed E-state index contributed by atoms with van der Waals surface area (Å²) in [5.74, 6) is -5.48. The molecule has 0 spiro atoms. The Hall–Kier alpha value is -12.1. The average Bonchev–Trinajstić information content (AvgIpc) is 0.735. The quantitative estimate of drug-likeness (QED) is 0.0545. The number of hydrogen-bond donors (Lipinski definition) is 0. The van der Waals surface area contributed by atoms with Crippen molar-refractivity contribution in [1.82, 2.24) is 0 Å². The molecule has 0 fully saturated rings. The van der Waals surface area contributed by atoms with E-state index in [9.17, 15) is 68.6 Å². The summed E-state index contributed by atoms with van der Waals surface area (Å²) >= 11 is 0. The summed E-state index contributed by atoms with van der Waals surface area (Å²) in [6.07, 6.45) is 0. The molecule has 0 radical (unpaired) electrons. The summed E-state index contributed by atoms with van der Waals surface area (Å²) in [5, 5.41) is 56.4. The third-order valence-corrected chi connectivity index (χ3v) is 25.9. The Balaban J connectivity index is 0.000000179. The molecule has 18 nitrogen and oxygen atoms in total. The molecule has 0 unspecified atom stereocenters. The number of hydrogen-bond acceptors (Lipinski definition) is 18. The predicted octanol–water partition coefficient (Wildman–Crippen LogP) is 3.45. The molecule has 0 heterocycles. The Bertz CT molecular complexity index is 8330. The van der Waals surface area contributed by atoms with Gasteiger partial charge in [0.2, 0.25) is 0 Å². The molecule has 0 N–H and O–H groups in total. The molecule has 20 aromatic carbocycles. The van der Waals surface area contributed by atoms with Crippen LogP contribution in [0.2, 0.25) is 0 Å². The maximum absolute atomic E-state index is 14.1. The Morgan fingerprint density at radius 1 is 0.222 bits per heavy atom. The Morgan fingerprint density at radius 3 is 0.733 bits per heavy atom. The van der Waals surface area contributed by atoms with Crippen molar-refractivity contribution in [2.24, 2.45) is 0 Å². The van der Waals surface area contributed by atoms with Crippen LogP contribution in [-0.2, 0) is 30.4 Å². The normalized spacial score (nSPS) is 11.2. The molecule has 0 saturated heterocycles. The van der Waals surface area contributed by atoms with Crippen LogP contribution in [0.1, 0.15) is 47.8 Å². The van der Waals surface area contributed by atoms with Gasteiger partial charge < -0.3 is 43.2 Å². The third-order valence-electron chi connectivity index (χ3n) is 23.3. The number of carbonyl (C=O) groups is 3. The average molecular weight is 1790 g/mol. The van der Waals surface area contributed by atoms with Gasteiger partial charge in [-0.1, -0.05) is 315 Å². The molecule has 0 aliphatic carbocycles. The van der Waals surface area contributed by atoms with E-state index in [0.29, 0.717) is 10.8 Å². The smallest absolute Gasteiger partial charge is 0.872 e. The fourth-order valence-corrected chi connectivity index (χ4v) is 19.4. The van der Waals surface area contributed by atoms with E-state index in [2.05, 4.69) is 121 Å². The Kier molecular flexibility index (Phi) is 31.7. The summed E-state index contributed by atoms with van der Waals surface area (Å²) in [4.78, 5) is 38.8. The van der Waals surface area contributed by atoms with E-state index in [4.69, 9.17) is 14.2 Å². The summed E-state index contributed by atoms with van der Waals surface area (Å²) < 4.78 is 121. The largest absolute Gasteiger partial charge is 1.00 e. The molecular weight excluding hydrogens is 1720 g/mol. The van der Waals surface area contributed by atoms with Crippen molar-refractivity contribution in [1.29, 1.82) is 0 Å². The molecule has 632 valence electrons. The van der Waals surface area contributed by atoms with Crippen molar-refractivity contribution in [2.75, 3.05) is 21.3 Å². The van der Waals surface area contributed by atoms with Crippen LogP contribution >= 0.6 is 0 Å².